The van der Waals surface area contributed by atoms with Gasteiger partial charge < -0.3 is 11.5 Å². The molecular weight excluding hydrogens is 532 g/mol. The van der Waals surface area contributed by atoms with Gasteiger partial charge in [0.2, 0.25) is 0 Å². The molecule has 44 heavy (non-hydrogen) atoms. The van der Waals surface area contributed by atoms with Crippen molar-refractivity contribution in [2.45, 2.75) is 44.9 Å². The third-order valence-electron chi connectivity index (χ3n) is 10.1. The van der Waals surface area contributed by atoms with Gasteiger partial charge in [-0.2, -0.15) is 0 Å². The molecule has 0 amide bonds. The normalized spacial score (nSPS) is 23.3. The fourth-order valence-corrected chi connectivity index (χ4v) is 8.20. The van der Waals surface area contributed by atoms with Gasteiger partial charge in [0.25, 0.3) is 0 Å². The topological polar surface area (TPSA) is 52.0 Å². The summed E-state index contributed by atoms with van der Waals surface area (Å²) < 4.78 is 0. The molecular formula is C42H42N2. The Labute approximate surface area is 261 Å². The number of nitrogens with two attached hydrogens (primary N) is 2. The summed E-state index contributed by atoms with van der Waals surface area (Å²) in [6.45, 7) is 5.17. The van der Waals surface area contributed by atoms with Gasteiger partial charge in [-0.3, -0.25) is 0 Å². The molecule has 3 atom stereocenters. The third-order valence-corrected chi connectivity index (χ3v) is 10.1. The number of allylic oxidation sites excluding steroid dienone is 6. The van der Waals surface area contributed by atoms with Crippen LogP contribution in [0.5, 0.6) is 0 Å². The van der Waals surface area contributed by atoms with Gasteiger partial charge in [0.05, 0.1) is 0 Å². The first-order chi connectivity index (χ1) is 21.6. The first-order valence-electron chi connectivity index (χ1n) is 16.2. The summed E-state index contributed by atoms with van der Waals surface area (Å²) in [6, 6.07) is 31.6. The van der Waals surface area contributed by atoms with E-state index in [0.29, 0.717) is 18.4 Å². The van der Waals surface area contributed by atoms with E-state index in [4.69, 9.17) is 11.5 Å². The van der Waals surface area contributed by atoms with Crippen LogP contribution < -0.4 is 11.5 Å². The summed E-state index contributed by atoms with van der Waals surface area (Å²) in [6.07, 6.45) is 17.9. The van der Waals surface area contributed by atoms with Crippen molar-refractivity contribution >= 4 is 37.9 Å². The Kier molecular flexibility index (Phi) is 7.48. The molecule has 3 aliphatic rings. The molecule has 8 rings (SSSR count). The summed E-state index contributed by atoms with van der Waals surface area (Å²) in [5.41, 5.74) is 20.1. The van der Waals surface area contributed by atoms with E-state index in [1.165, 1.54) is 61.0 Å². The molecule has 0 heterocycles. The highest BCUT2D eigenvalue weighted by molar-refractivity contribution is 6.19. The molecule has 0 spiro atoms. The summed E-state index contributed by atoms with van der Waals surface area (Å²) in [5.74, 6) is 0.952. The largest absolute Gasteiger partial charge is 0.404 e. The van der Waals surface area contributed by atoms with Crippen molar-refractivity contribution in [3.05, 3.63) is 138 Å². The average molecular weight is 575 g/mol. The molecule has 3 aliphatic carbocycles. The van der Waals surface area contributed by atoms with Crippen LogP contribution in [0.2, 0.25) is 0 Å². The number of rotatable bonds is 6. The maximum Gasteiger partial charge on any atom is 0.0181 e. The van der Waals surface area contributed by atoms with Crippen molar-refractivity contribution in [1.29, 1.82) is 0 Å². The minimum atomic E-state index is -0.0489. The van der Waals surface area contributed by atoms with E-state index in [0.717, 1.165) is 30.4 Å². The summed E-state index contributed by atoms with van der Waals surface area (Å²) >= 11 is 0. The second kappa shape index (κ2) is 11.6. The molecule has 5 aromatic rings. The van der Waals surface area contributed by atoms with Crippen molar-refractivity contribution in [2.24, 2.45) is 23.3 Å². The second-order valence-corrected chi connectivity index (χ2v) is 12.8. The van der Waals surface area contributed by atoms with Gasteiger partial charge >= 0.3 is 0 Å². The Balaban J connectivity index is 1.53. The smallest absolute Gasteiger partial charge is 0.0181 e. The summed E-state index contributed by atoms with van der Waals surface area (Å²) in [7, 11) is 0. The summed E-state index contributed by atoms with van der Waals surface area (Å²) in [5, 5.41) is 7.80. The Bertz CT molecular complexity index is 1950. The highest BCUT2D eigenvalue weighted by atomic mass is 14.6. The number of benzene rings is 5. The maximum atomic E-state index is 6.24. The molecule has 0 saturated heterocycles. The lowest BCUT2D eigenvalue weighted by Gasteiger charge is -2.42. The summed E-state index contributed by atoms with van der Waals surface area (Å²) in [4.78, 5) is 0. The van der Waals surface area contributed by atoms with E-state index in [9.17, 15) is 0 Å². The first kappa shape index (κ1) is 28.4. The maximum absolute atomic E-state index is 6.24. The van der Waals surface area contributed by atoms with Gasteiger partial charge in [-0.15, -0.1) is 0 Å². The standard InChI is InChI=1S/C42H42N2/c1-3-4-11-30(26-43)32-18-19-37(34-13-6-5-12-33(32)34)40-35-14-7-9-16-38(35)41(39-17-10-8-15-36(39)40)42-22-20-29(21-23-42)31(27-44)24-28(2)25-42/h4-20,22,24,26,29,31H,3,21,23,25,27,43-44H2,1-2H3/b11-4-,28-24-,30-26+/t29?,31?,42-/m0/s1. The highest BCUT2D eigenvalue weighted by Gasteiger charge is 2.39. The van der Waals surface area contributed by atoms with Gasteiger partial charge in [0.15, 0.2) is 0 Å². The van der Waals surface area contributed by atoms with Crippen LogP contribution >= 0.6 is 0 Å². The predicted molar refractivity (Wildman–Crippen MR) is 190 cm³/mol. The Hall–Kier alpha value is -4.40. The lowest BCUT2D eigenvalue weighted by Crippen LogP contribution is -2.34. The van der Waals surface area contributed by atoms with Crippen LogP contribution in [0.1, 0.15) is 50.7 Å². The predicted octanol–water partition coefficient (Wildman–Crippen LogP) is 10.2. The van der Waals surface area contributed by atoms with Gasteiger partial charge in [0, 0.05) is 11.6 Å². The van der Waals surface area contributed by atoms with Crippen LogP contribution in [0.4, 0.5) is 0 Å². The van der Waals surface area contributed by atoms with E-state index in [2.05, 4.69) is 129 Å². The second-order valence-electron chi connectivity index (χ2n) is 12.8. The minimum absolute atomic E-state index is 0.0489. The number of hydrogen-bond acceptors (Lipinski definition) is 2. The molecule has 0 saturated carbocycles. The van der Waals surface area contributed by atoms with Gasteiger partial charge in [-0.05, 0) is 111 Å². The van der Waals surface area contributed by atoms with E-state index >= 15 is 0 Å². The molecule has 4 N–H and O–H groups in total. The molecule has 220 valence electrons. The SMILES string of the molecule is CC/C=C\C(=C/N)c1ccc(-c2c3ccccc3c([C@@]34C=CC(CC3)C(CN)/C=C(/C)C4)c3ccccc23)c2ccccc12. The van der Waals surface area contributed by atoms with Crippen LogP contribution in [0.3, 0.4) is 0 Å². The van der Waals surface area contributed by atoms with Gasteiger partial charge in [-0.1, -0.05) is 128 Å². The van der Waals surface area contributed by atoms with Crippen molar-refractivity contribution in [3.63, 3.8) is 0 Å². The lowest BCUT2D eigenvalue weighted by atomic mass is 9.62. The van der Waals surface area contributed by atoms with Crippen LogP contribution in [-0.4, -0.2) is 6.54 Å². The fraction of sp³-hybridized carbons (Fsp3) is 0.238. The number of hydrogen-bond donors (Lipinski definition) is 2. The van der Waals surface area contributed by atoms with Crippen LogP contribution in [0.25, 0.3) is 49.0 Å². The molecule has 0 aliphatic heterocycles. The highest BCUT2D eigenvalue weighted by Crippen LogP contribution is 2.52. The van der Waals surface area contributed by atoms with Crippen LogP contribution in [-0.2, 0) is 5.41 Å². The van der Waals surface area contributed by atoms with Crippen LogP contribution in [0, 0.1) is 11.8 Å². The Morgan fingerprint density at radius 3 is 2.07 bits per heavy atom. The Morgan fingerprint density at radius 1 is 0.841 bits per heavy atom. The lowest BCUT2D eigenvalue weighted by molar-refractivity contribution is 0.337. The van der Waals surface area contributed by atoms with Crippen molar-refractivity contribution in [1.82, 2.24) is 0 Å². The van der Waals surface area contributed by atoms with Gasteiger partial charge in [-0.25, -0.2) is 0 Å². The fourth-order valence-electron chi connectivity index (χ4n) is 8.20. The van der Waals surface area contributed by atoms with E-state index in [1.54, 1.807) is 6.20 Å². The quantitative estimate of drug-likeness (QED) is 0.120. The molecule has 2 heteroatoms. The molecule has 0 aromatic heterocycles. The van der Waals surface area contributed by atoms with Crippen LogP contribution in [0.15, 0.2) is 127 Å². The first-order valence-corrected chi connectivity index (χ1v) is 16.2. The van der Waals surface area contributed by atoms with Crippen molar-refractivity contribution in [2.75, 3.05) is 6.54 Å². The van der Waals surface area contributed by atoms with Gasteiger partial charge in [0.1, 0.15) is 0 Å². The molecule has 2 unspecified atom stereocenters. The molecule has 2 nitrogen and oxygen atoms in total. The van der Waals surface area contributed by atoms with E-state index in [-0.39, 0.29) is 5.41 Å². The molecule has 0 radical (unpaired) electrons. The van der Waals surface area contributed by atoms with Crippen molar-refractivity contribution in [3.8, 4) is 11.1 Å². The zero-order valence-corrected chi connectivity index (χ0v) is 25.9. The molecule has 0 fully saturated rings. The number of fused-ring (bicyclic) bond motifs is 6. The van der Waals surface area contributed by atoms with Crippen molar-refractivity contribution < 1.29 is 0 Å². The molecule has 2 bridgehead atoms. The van der Waals surface area contributed by atoms with E-state index in [1.807, 2.05) is 0 Å². The zero-order valence-electron chi connectivity index (χ0n) is 25.9. The molecule has 5 aromatic carbocycles. The average Bonchev–Trinajstić information content (AvgIpc) is 3.06. The monoisotopic (exact) mass is 574 g/mol. The van der Waals surface area contributed by atoms with E-state index < -0.39 is 0 Å². The third kappa shape index (κ3) is 4.60. The minimum Gasteiger partial charge on any atom is -0.404 e. The Morgan fingerprint density at radius 2 is 1.48 bits per heavy atom. The zero-order chi connectivity index (χ0) is 30.3.